The summed E-state index contributed by atoms with van der Waals surface area (Å²) < 4.78 is 0. The molecule has 0 radical (unpaired) electrons. The molecule has 0 aliphatic rings. The largest absolute Gasteiger partial charge is 0.489 e. The van der Waals surface area contributed by atoms with Gasteiger partial charge in [0.25, 0.3) is 11.7 Å². The third-order valence-electron chi connectivity index (χ3n) is 4.30. The topological polar surface area (TPSA) is 127 Å². The molecule has 0 heterocycles. The van der Waals surface area contributed by atoms with Gasteiger partial charge in [0.2, 0.25) is 0 Å². The summed E-state index contributed by atoms with van der Waals surface area (Å²) >= 11 is 0. The Kier molecular flexibility index (Phi) is 13.0. The lowest BCUT2D eigenvalue weighted by molar-refractivity contribution is 0.180. The molecule has 0 fully saturated rings. The lowest BCUT2D eigenvalue weighted by atomic mass is 9.72. The monoisotopic (exact) mass is 330 g/mol. The predicted molar refractivity (Wildman–Crippen MR) is 96.6 cm³/mol. The average Bonchev–Trinajstić information content (AvgIpc) is 2.35. The molecular formula is C16H35BN2O4. The Morgan fingerprint density at radius 1 is 0.870 bits per heavy atom. The summed E-state index contributed by atoms with van der Waals surface area (Å²) in [5, 5.41) is 15.4. The maximum absolute atomic E-state index is 9.43. The van der Waals surface area contributed by atoms with Gasteiger partial charge in [0, 0.05) is 5.54 Å². The normalized spacial score (nSPS) is 11.4. The third-order valence-corrected chi connectivity index (χ3v) is 4.30. The molecule has 0 aliphatic heterocycles. The van der Waals surface area contributed by atoms with E-state index in [-0.39, 0.29) is 11.0 Å². The zero-order valence-electron chi connectivity index (χ0n) is 15.2. The summed E-state index contributed by atoms with van der Waals surface area (Å²) in [6.45, 7) is 9.67. The zero-order chi connectivity index (χ0) is 18.5. The molecule has 0 atom stereocenters. The minimum atomic E-state index is -1.31. The van der Waals surface area contributed by atoms with E-state index in [0.29, 0.717) is 0 Å². The van der Waals surface area contributed by atoms with Crippen LogP contribution in [0.5, 0.6) is 0 Å². The summed E-state index contributed by atoms with van der Waals surface area (Å²) in [5.41, 5.74) is 11.8. The second-order valence-electron chi connectivity index (χ2n) is 7.23. The molecule has 0 saturated heterocycles. The van der Waals surface area contributed by atoms with Gasteiger partial charge in [0.15, 0.2) is 0 Å². The Hall–Kier alpha value is -1.08. The van der Waals surface area contributed by atoms with Crippen molar-refractivity contribution in [2.45, 2.75) is 78.2 Å². The van der Waals surface area contributed by atoms with Gasteiger partial charge in [-0.15, -0.1) is 0 Å². The van der Waals surface area contributed by atoms with Crippen molar-refractivity contribution in [2.24, 2.45) is 16.9 Å². The van der Waals surface area contributed by atoms with E-state index < -0.39 is 19.0 Å². The summed E-state index contributed by atoms with van der Waals surface area (Å²) in [6.07, 6.45) is 9.03. The Balaban J connectivity index is 0. The van der Waals surface area contributed by atoms with Crippen LogP contribution in [0.1, 0.15) is 72.6 Å². The standard InChI is InChI=1S/C14H32N2.C2H3BO4/c1-13(2,14(3,4)16)11-9-7-5-6-8-10-12-15;4-1(5)3-2(6)7/h5-12,15-16H2,1-4H3;3H,(H,4,5)(H,6,7). The molecule has 0 aromatic rings. The van der Waals surface area contributed by atoms with Crippen molar-refractivity contribution in [1.29, 1.82) is 0 Å². The number of nitrogens with two attached hydrogens (primary N) is 2. The van der Waals surface area contributed by atoms with Crippen molar-refractivity contribution in [3.8, 4) is 0 Å². The molecule has 0 spiro atoms. The van der Waals surface area contributed by atoms with E-state index in [1.807, 2.05) is 0 Å². The molecule has 136 valence electrons. The first-order valence-electron chi connectivity index (χ1n) is 8.36. The molecule has 0 unspecified atom stereocenters. The van der Waals surface area contributed by atoms with Crippen molar-refractivity contribution < 1.29 is 19.8 Å². The van der Waals surface area contributed by atoms with Crippen molar-refractivity contribution in [3.63, 3.8) is 0 Å². The number of rotatable bonds is 11. The van der Waals surface area contributed by atoms with Crippen LogP contribution in [0.4, 0.5) is 9.59 Å². The molecule has 0 amide bonds. The van der Waals surface area contributed by atoms with E-state index in [1.165, 1.54) is 44.9 Å². The van der Waals surface area contributed by atoms with Crippen LogP contribution in [0.3, 0.4) is 0 Å². The van der Waals surface area contributed by atoms with E-state index in [2.05, 4.69) is 27.7 Å². The SMILES string of the molecule is CC(C)(N)C(C)(C)CCCCCCCCN.O=C(O)BC(=O)O. The first-order valence-corrected chi connectivity index (χ1v) is 8.36. The Morgan fingerprint density at radius 3 is 1.57 bits per heavy atom. The number of carbonyl (C=O) groups is 2. The van der Waals surface area contributed by atoms with Gasteiger partial charge in [-0.05, 0) is 38.6 Å². The lowest BCUT2D eigenvalue weighted by Gasteiger charge is -2.38. The minimum Gasteiger partial charge on any atom is -0.489 e. The van der Waals surface area contributed by atoms with Crippen molar-refractivity contribution in [1.82, 2.24) is 0 Å². The van der Waals surface area contributed by atoms with Crippen molar-refractivity contribution >= 4 is 19.0 Å². The predicted octanol–water partition coefficient (Wildman–Crippen LogP) is 3.22. The van der Waals surface area contributed by atoms with Crippen LogP contribution in [0.25, 0.3) is 0 Å². The Labute approximate surface area is 141 Å². The minimum absolute atomic E-state index is 0.0768. The lowest BCUT2D eigenvalue weighted by Crippen LogP contribution is -2.47. The number of hydrogen-bond acceptors (Lipinski definition) is 4. The van der Waals surface area contributed by atoms with Gasteiger partial charge >= 0.3 is 7.28 Å². The second-order valence-corrected chi connectivity index (χ2v) is 7.23. The van der Waals surface area contributed by atoms with E-state index in [9.17, 15) is 9.59 Å². The summed E-state index contributed by atoms with van der Waals surface area (Å²) in [4.78, 5) is 18.9. The summed E-state index contributed by atoms with van der Waals surface area (Å²) in [5.74, 6) is -2.62. The first kappa shape index (κ1) is 24.2. The van der Waals surface area contributed by atoms with Crippen LogP contribution in [0.15, 0.2) is 0 Å². The molecule has 7 heteroatoms. The quantitative estimate of drug-likeness (QED) is 0.340. The summed E-state index contributed by atoms with van der Waals surface area (Å²) in [6, 6.07) is 0. The highest BCUT2D eigenvalue weighted by molar-refractivity contribution is 6.94. The van der Waals surface area contributed by atoms with Crippen LogP contribution < -0.4 is 11.5 Å². The molecule has 0 bridgehead atoms. The van der Waals surface area contributed by atoms with Gasteiger partial charge in [0.05, 0.1) is 0 Å². The van der Waals surface area contributed by atoms with Gasteiger partial charge < -0.3 is 21.7 Å². The number of carboxylic acid groups (broad SMARTS) is 2. The Morgan fingerprint density at radius 2 is 1.26 bits per heavy atom. The van der Waals surface area contributed by atoms with E-state index in [0.717, 1.165) is 6.54 Å². The van der Waals surface area contributed by atoms with E-state index in [4.69, 9.17) is 21.7 Å². The summed E-state index contributed by atoms with van der Waals surface area (Å²) in [7, 11) is -0.806. The van der Waals surface area contributed by atoms with E-state index >= 15 is 0 Å². The highest BCUT2D eigenvalue weighted by Gasteiger charge is 2.32. The van der Waals surface area contributed by atoms with Crippen molar-refractivity contribution in [3.05, 3.63) is 0 Å². The first-order chi connectivity index (χ1) is 10.4. The highest BCUT2D eigenvalue weighted by Crippen LogP contribution is 2.33. The number of unbranched alkanes of at least 4 members (excludes halogenated alkanes) is 5. The van der Waals surface area contributed by atoms with Gasteiger partial charge in [0.1, 0.15) is 0 Å². The van der Waals surface area contributed by atoms with Crippen molar-refractivity contribution in [2.75, 3.05) is 6.54 Å². The van der Waals surface area contributed by atoms with Crippen LogP contribution in [-0.2, 0) is 0 Å². The molecule has 6 N–H and O–H groups in total. The van der Waals surface area contributed by atoms with Gasteiger partial charge in [-0.3, -0.25) is 9.59 Å². The van der Waals surface area contributed by atoms with Crippen LogP contribution in [0.2, 0.25) is 0 Å². The molecule has 0 aromatic heterocycles. The molecule has 6 nitrogen and oxygen atoms in total. The molecule has 0 saturated carbocycles. The highest BCUT2D eigenvalue weighted by atomic mass is 16.4. The molecule has 23 heavy (non-hydrogen) atoms. The Bertz CT molecular complexity index is 329. The molecule has 0 aromatic carbocycles. The maximum atomic E-state index is 9.43. The van der Waals surface area contributed by atoms with Crippen LogP contribution in [-0.4, -0.2) is 41.3 Å². The molecule has 0 aliphatic carbocycles. The maximum Gasteiger partial charge on any atom is 0.392 e. The van der Waals surface area contributed by atoms with Crippen LogP contribution >= 0.6 is 0 Å². The zero-order valence-corrected chi connectivity index (χ0v) is 15.2. The smallest absolute Gasteiger partial charge is 0.392 e. The average molecular weight is 330 g/mol. The van der Waals surface area contributed by atoms with Crippen LogP contribution in [0, 0.1) is 5.41 Å². The molecular weight excluding hydrogens is 295 g/mol. The second kappa shape index (κ2) is 12.4. The number of hydrogen-bond donors (Lipinski definition) is 4. The third kappa shape index (κ3) is 15.6. The fourth-order valence-electron chi connectivity index (χ4n) is 1.87. The fourth-order valence-corrected chi connectivity index (χ4v) is 1.87. The van der Waals surface area contributed by atoms with Gasteiger partial charge in [-0.1, -0.05) is 46.0 Å². The van der Waals surface area contributed by atoms with Gasteiger partial charge in [-0.2, -0.15) is 0 Å². The molecule has 0 rings (SSSR count). The van der Waals surface area contributed by atoms with Gasteiger partial charge in [-0.25, -0.2) is 0 Å². The fraction of sp³-hybridized carbons (Fsp3) is 0.875. The van der Waals surface area contributed by atoms with E-state index in [1.54, 1.807) is 0 Å².